The second kappa shape index (κ2) is 50.0. The van der Waals surface area contributed by atoms with E-state index < -0.39 is 191 Å². The molecule has 4 heterocycles. The number of azide groups is 1. The molecule has 143 heavy (non-hydrogen) atoms. The standard InChI is InChI=1S/C112H102BN3O27/c113-86(68-129-102(117)78-45-20-5-21-46-78)90-95(140-109-98(127-65-74-40-16-3-17-41-74)94(126-67-76-60-61-77-44-34-35-59-85(77)62-76)91(124-63-72-36-12-1-13-37-72)87(134-109)69-130-103(118)79-47-22-6-23-48-79)100(136-107(122)83-55-30-10-31-56-83)111(138-90)141-96-92(125-64-73-38-14-2-15-39-73)88(70-131-104(119)80-49-24-7-25-50-80)135-110(99(96)128-66-75-42-18-4-19-43-75)142-97-93(139-112(143-116-115-114)101(97)137-108(123)84-57-32-11-33-58-84)89(133-106(121)82-53-28-9-29-54-82)71-132-105(120)81-51-26-8-27-52-81/h1-62,86-101,109-112H,63-71,113H2/t86-,87?,88?,89-,90?,91?,92?,93?,94?,95?,96?,97?,98?,99?,100?,101?,109?,110?,111?,112?/m1/s1. The summed E-state index contributed by atoms with van der Waals surface area (Å²) in [6, 6.07) is 107. The van der Waals surface area contributed by atoms with E-state index in [0.29, 0.717) is 16.7 Å². The van der Waals surface area contributed by atoms with Gasteiger partial charge in [0.05, 0.1) is 84.7 Å². The van der Waals surface area contributed by atoms with Crippen molar-refractivity contribution in [2.24, 2.45) is 5.28 Å². The SMILES string of the molecule is B[C@H](COC(=O)c1ccccc1)C1OC(OC2C(OCc3ccccc3)C(COC(=O)c3ccccc3)OC(OC3C(OC(=O)c4ccccc4)C(ON=[N+]=[N-])OC3[C@@H](COC(=O)c3ccccc3)OC(=O)c3ccccc3)C2OCc2ccccc2)C(OC(=O)c2ccccc2)C1OC1OC(COC(=O)c2ccccc2)C(OCc2ccccc2)C(OCc2ccc3ccccc3c2)C1OCc1ccccc1. The van der Waals surface area contributed by atoms with Crippen LogP contribution in [0.2, 0.25) is 5.82 Å². The second-order valence-electron chi connectivity index (χ2n) is 34.2. The molecule has 30 nitrogen and oxygen atoms in total. The number of carbonyl (C=O) groups excluding carboxylic acids is 7. The molecule has 0 aromatic heterocycles. The number of hydrogen-bond donors (Lipinski definition) is 0. The zero-order chi connectivity index (χ0) is 98.4. The molecule has 0 amide bonds. The van der Waals surface area contributed by atoms with Gasteiger partial charge < -0.3 is 94.8 Å². The Hall–Kier alpha value is -14.9. The highest BCUT2D eigenvalue weighted by Crippen LogP contribution is 2.44. The summed E-state index contributed by atoms with van der Waals surface area (Å²) in [4.78, 5) is 113. The topological polar surface area (TPSA) is 353 Å². The Morgan fingerprint density at radius 2 is 0.594 bits per heavy atom. The van der Waals surface area contributed by atoms with Crippen molar-refractivity contribution in [1.82, 2.24) is 0 Å². The zero-order valence-electron chi connectivity index (χ0n) is 77.6. The van der Waals surface area contributed by atoms with Crippen LogP contribution in [0.3, 0.4) is 0 Å². The fourth-order valence-electron chi connectivity index (χ4n) is 17.2. The first-order chi connectivity index (χ1) is 70.2. The molecule has 0 bridgehead atoms. The summed E-state index contributed by atoms with van der Waals surface area (Å²) in [5.74, 6) is -7.13. The molecule has 4 aliphatic heterocycles. The van der Waals surface area contributed by atoms with Gasteiger partial charge in [-0.25, -0.2) is 33.6 Å². The highest BCUT2D eigenvalue weighted by atomic mass is 16.8. The first-order valence-corrected chi connectivity index (χ1v) is 46.9. The van der Waals surface area contributed by atoms with E-state index in [1.165, 1.54) is 48.5 Å². The lowest BCUT2D eigenvalue weighted by molar-refractivity contribution is -0.356. The van der Waals surface area contributed by atoms with Gasteiger partial charge in [-0.2, -0.15) is 0 Å². The van der Waals surface area contributed by atoms with E-state index in [1.54, 1.807) is 226 Å². The third kappa shape index (κ3) is 26.5. The van der Waals surface area contributed by atoms with Crippen LogP contribution in [-0.4, -0.2) is 193 Å². The van der Waals surface area contributed by atoms with Gasteiger partial charge in [-0.15, -0.1) is 0 Å². The van der Waals surface area contributed by atoms with E-state index in [0.717, 1.165) is 21.9 Å². The van der Waals surface area contributed by atoms with E-state index in [9.17, 15) is 29.5 Å². The molecule has 13 aromatic rings. The van der Waals surface area contributed by atoms with Gasteiger partial charge in [-0.1, -0.05) is 285 Å². The molecule has 18 unspecified atom stereocenters. The molecule has 0 spiro atoms. The van der Waals surface area contributed by atoms with Gasteiger partial charge >= 0.3 is 41.8 Å². The molecule has 4 saturated heterocycles. The monoisotopic (exact) mass is 1930 g/mol. The summed E-state index contributed by atoms with van der Waals surface area (Å²) < 4.78 is 134. The van der Waals surface area contributed by atoms with Gasteiger partial charge in [-0.3, -0.25) is 0 Å². The first-order valence-electron chi connectivity index (χ1n) is 46.9. The molecule has 0 saturated carbocycles. The predicted octanol–water partition coefficient (Wildman–Crippen LogP) is 16.9. The van der Waals surface area contributed by atoms with Crippen LogP contribution in [0.15, 0.2) is 381 Å². The summed E-state index contributed by atoms with van der Waals surface area (Å²) in [7, 11) is 1.72. The average molecular weight is 1930 g/mol. The molecule has 31 heteroatoms. The van der Waals surface area contributed by atoms with Crippen LogP contribution in [0, 0.1) is 0 Å². The molecule has 0 N–H and O–H groups in total. The predicted molar refractivity (Wildman–Crippen MR) is 518 cm³/mol. The molecule has 17 rings (SSSR count). The van der Waals surface area contributed by atoms with Crippen LogP contribution in [0.5, 0.6) is 0 Å². The van der Waals surface area contributed by atoms with Crippen LogP contribution in [0.4, 0.5) is 0 Å². The van der Waals surface area contributed by atoms with E-state index in [4.69, 9.17) is 94.8 Å². The van der Waals surface area contributed by atoms with Crippen molar-refractivity contribution < 1.29 is 128 Å². The van der Waals surface area contributed by atoms with Gasteiger partial charge in [0, 0.05) is 4.91 Å². The molecule has 20 atom stereocenters. The summed E-state index contributed by atoms with van der Waals surface area (Å²) in [5, 5.41) is 5.35. The van der Waals surface area contributed by atoms with Crippen LogP contribution in [0.1, 0.15) is 100 Å². The Kier molecular flexibility index (Phi) is 34.8. The number of benzene rings is 13. The quantitative estimate of drug-likeness (QED) is 0.00651. The summed E-state index contributed by atoms with van der Waals surface area (Å²) in [5.41, 5.74) is 14.2. The number of fused-ring (bicyclic) bond motifs is 1. The molecule has 0 aliphatic carbocycles. The highest BCUT2D eigenvalue weighted by Gasteiger charge is 2.62. The Morgan fingerprint density at radius 3 is 1.01 bits per heavy atom. The first kappa shape index (κ1) is 99.7. The maximum absolute atomic E-state index is 16.0. The molecule has 4 aliphatic rings. The minimum Gasteiger partial charge on any atom is -0.462 e. The molecule has 0 radical (unpaired) electrons. The minimum absolute atomic E-state index is 0.00815. The lowest BCUT2D eigenvalue weighted by atomic mass is 9.80. The Balaban J connectivity index is 0.843. The van der Waals surface area contributed by atoms with Crippen molar-refractivity contribution in [3.63, 3.8) is 0 Å². The smallest absolute Gasteiger partial charge is 0.338 e. The summed E-state index contributed by atoms with van der Waals surface area (Å²) >= 11 is 0. The Labute approximate surface area is 824 Å². The van der Waals surface area contributed by atoms with Gasteiger partial charge in [0.25, 0.3) is 0 Å². The summed E-state index contributed by atoms with van der Waals surface area (Å²) in [6.07, 6.45) is -32.3. The van der Waals surface area contributed by atoms with Crippen molar-refractivity contribution >= 4 is 60.4 Å². The lowest BCUT2D eigenvalue weighted by Gasteiger charge is -2.47. The van der Waals surface area contributed by atoms with Crippen molar-refractivity contribution in [1.29, 1.82) is 0 Å². The van der Waals surface area contributed by atoms with Crippen LogP contribution in [0.25, 0.3) is 21.2 Å². The number of esters is 7. The van der Waals surface area contributed by atoms with Gasteiger partial charge in [-0.05, 0) is 141 Å². The average Bonchev–Trinajstić information content (AvgIpc) is 1.71. The lowest BCUT2D eigenvalue weighted by Crippen LogP contribution is -2.64. The van der Waals surface area contributed by atoms with E-state index >= 15 is 9.59 Å². The number of nitrogens with zero attached hydrogens (tertiary/aromatic N) is 3. The van der Waals surface area contributed by atoms with E-state index in [1.807, 2.05) is 109 Å². The third-order valence-electron chi connectivity index (χ3n) is 24.4. The van der Waals surface area contributed by atoms with Gasteiger partial charge in [0.1, 0.15) is 100 Å². The van der Waals surface area contributed by atoms with Gasteiger partial charge in [0.15, 0.2) is 37.2 Å². The van der Waals surface area contributed by atoms with Crippen molar-refractivity contribution in [2.45, 2.75) is 156 Å². The fourth-order valence-corrected chi connectivity index (χ4v) is 17.2. The molecule has 4 fully saturated rings. The molecular formula is C112H102BN3O27. The Bertz CT molecular complexity index is 6330. The number of carbonyl (C=O) groups is 7. The second-order valence-corrected chi connectivity index (χ2v) is 34.2. The van der Waals surface area contributed by atoms with Crippen LogP contribution >= 0.6 is 0 Å². The minimum atomic E-state index is -2.04. The van der Waals surface area contributed by atoms with E-state index in [-0.39, 0.29) is 72.0 Å². The highest BCUT2D eigenvalue weighted by molar-refractivity contribution is 6.12. The number of ether oxygens (including phenoxy) is 19. The Morgan fingerprint density at radius 1 is 0.287 bits per heavy atom. The molecular weight excluding hydrogens is 1830 g/mol. The maximum atomic E-state index is 16.0. The maximum Gasteiger partial charge on any atom is 0.338 e. The zero-order valence-corrected chi connectivity index (χ0v) is 77.6. The number of hydrogen-bond acceptors (Lipinski definition) is 28. The van der Waals surface area contributed by atoms with Gasteiger partial charge in [0.2, 0.25) is 6.29 Å². The third-order valence-corrected chi connectivity index (χ3v) is 24.4. The van der Waals surface area contributed by atoms with Crippen molar-refractivity contribution in [3.05, 3.63) is 453 Å². The molecule has 730 valence electrons. The normalized spacial score (nSPS) is 23.2. The van der Waals surface area contributed by atoms with Crippen molar-refractivity contribution in [3.8, 4) is 0 Å². The molecule has 13 aromatic carbocycles. The van der Waals surface area contributed by atoms with Crippen LogP contribution in [-0.2, 0) is 128 Å². The number of rotatable bonds is 43. The van der Waals surface area contributed by atoms with Crippen molar-refractivity contribution in [2.75, 3.05) is 26.4 Å². The fraction of sp³-hybridized carbons (Fsp3) is 0.259. The summed E-state index contributed by atoms with van der Waals surface area (Å²) in [6.45, 7) is -3.27. The van der Waals surface area contributed by atoms with Crippen LogP contribution < -0.4 is 0 Å². The largest absolute Gasteiger partial charge is 0.462 e. The van der Waals surface area contributed by atoms with E-state index in [2.05, 4.69) is 10.2 Å².